The molecule has 0 rings (SSSR count). The summed E-state index contributed by atoms with van der Waals surface area (Å²) < 4.78 is 0. The maximum Gasteiger partial charge on any atom is 0.0222 e. The Morgan fingerprint density at radius 2 is 1.80 bits per heavy atom. The first-order chi connectivity index (χ1) is 1.91. The summed E-state index contributed by atoms with van der Waals surface area (Å²) >= 11 is 0. The smallest absolute Gasteiger partial charge is 0.0222 e. The van der Waals surface area contributed by atoms with E-state index in [4.69, 9.17) is 0 Å². The van der Waals surface area contributed by atoms with Crippen LogP contribution in [0.2, 0.25) is 6.04 Å². The molecule has 0 heterocycles. The minimum atomic E-state index is 0. The minimum absolute atomic E-state index is 0. The molecular weight excluding hydrogens is 78.1 g/mol. The Kier molecular flexibility index (Phi) is 15.9. The molecule has 0 saturated carbocycles. The zero-order chi connectivity index (χ0) is 3.41. The van der Waals surface area contributed by atoms with Gasteiger partial charge in [0.15, 0.2) is 0 Å². The normalized spacial score (nSPS) is 6.00. The van der Waals surface area contributed by atoms with E-state index in [0.717, 1.165) is 6.04 Å². The van der Waals surface area contributed by atoms with Crippen LogP contribution in [-0.4, -0.2) is 10.2 Å². The van der Waals surface area contributed by atoms with Crippen LogP contribution in [0.5, 0.6) is 0 Å². The molecule has 4 N–H and O–H groups in total. The van der Waals surface area contributed by atoms with Gasteiger partial charge in [-0.3, -0.25) is 0 Å². The number of hydrogen-bond donors (Lipinski definition) is 1. The summed E-state index contributed by atoms with van der Waals surface area (Å²) in [5.41, 5.74) is 0. The van der Waals surface area contributed by atoms with E-state index in [-0.39, 0.29) is 6.15 Å². The van der Waals surface area contributed by atoms with Crippen molar-refractivity contribution in [1.82, 2.24) is 6.15 Å². The Hall–Kier alpha value is 0.177. The van der Waals surface area contributed by atoms with Gasteiger partial charge in [0.2, 0.25) is 0 Å². The molecule has 2 heteroatoms. The van der Waals surface area contributed by atoms with Gasteiger partial charge in [-0.15, -0.1) is 0 Å². The fourth-order valence-corrected chi connectivity index (χ4v) is 0. The molecule has 0 saturated heterocycles. The van der Waals surface area contributed by atoms with Crippen molar-refractivity contribution >= 4 is 10.2 Å². The molecule has 0 spiro atoms. The fraction of sp³-hybridized carbons (Fsp3) is 1.00. The van der Waals surface area contributed by atoms with Gasteiger partial charge in [-0.2, -0.15) is 0 Å². The van der Waals surface area contributed by atoms with E-state index in [2.05, 4.69) is 17.2 Å². The lowest BCUT2D eigenvalue weighted by atomic mass is 10.6. The monoisotopic (exact) mass is 89.1 g/mol. The fourth-order valence-electron chi connectivity index (χ4n) is 0. The van der Waals surface area contributed by atoms with Crippen LogP contribution in [0, 0.1) is 0 Å². The second-order valence-electron chi connectivity index (χ2n) is 0.750. The molecule has 0 unspecified atom stereocenters. The van der Waals surface area contributed by atoms with Crippen molar-refractivity contribution in [3.63, 3.8) is 0 Å². The van der Waals surface area contributed by atoms with Crippen molar-refractivity contribution in [2.45, 2.75) is 19.4 Å². The van der Waals surface area contributed by atoms with Crippen LogP contribution < -0.4 is 6.15 Å². The summed E-state index contributed by atoms with van der Waals surface area (Å²) in [5.74, 6) is 0. The SMILES string of the molecule is CCC[Si].[NH4+]. The van der Waals surface area contributed by atoms with Crippen molar-refractivity contribution in [1.29, 1.82) is 0 Å². The standard InChI is InChI=1S/C3H7Si.H3N/c1-2-3-4;/h2-3H2,1H3;1H3/p+1. The number of rotatable bonds is 1. The Labute approximate surface area is 36.8 Å². The van der Waals surface area contributed by atoms with Gasteiger partial charge in [0.1, 0.15) is 0 Å². The van der Waals surface area contributed by atoms with Crippen LogP contribution in [0.4, 0.5) is 0 Å². The third kappa shape index (κ3) is 14.3. The molecule has 0 aliphatic heterocycles. The van der Waals surface area contributed by atoms with E-state index in [0.29, 0.717) is 0 Å². The summed E-state index contributed by atoms with van der Waals surface area (Å²) in [5, 5.41) is 0. The van der Waals surface area contributed by atoms with Crippen molar-refractivity contribution in [2.24, 2.45) is 0 Å². The van der Waals surface area contributed by atoms with Crippen LogP contribution in [0.15, 0.2) is 0 Å². The van der Waals surface area contributed by atoms with Crippen LogP contribution in [0.3, 0.4) is 0 Å². The first-order valence-corrected chi connectivity index (χ1v) is 2.27. The first kappa shape index (κ1) is 8.95. The molecule has 0 aromatic heterocycles. The summed E-state index contributed by atoms with van der Waals surface area (Å²) in [4.78, 5) is 0. The zero-order valence-corrected chi connectivity index (χ0v) is 4.91. The van der Waals surface area contributed by atoms with Gasteiger partial charge in [0.25, 0.3) is 0 Å². The number of quaternary nitrogens is 1. The van der Waals surface area contributed by atoms with Crippen molar-refractivity contribution in [3.05, 3.63) is 0 Å². The van der Waals surface area contributed by atoms with Crippen LogP contribution in [0.1, 0.15) is 13.3 Å². The van der Waals surface area contributed by atoms with Crippen molar-refractivity contribution < 1.29 is 0 Å². The third-order valence-corrected chi connectivity index (χ3v) is 0.750. The molecular formula is C3H11NSi+. The highest BCUT2D eigenvalue weighted by Crippen LogP contribution is 1.73. The predicted octanol–water partition coefficient (Wildman–Crippen LogP) is 1.36. The van der Waals surface area contributed by atoms with Gasteiger partial charge in [0, 0.05) is 10.2 Å². The molecule has 0 bridgehead atoms. The molecule has 0 aromatic carbocycles. The van der Waals surface area contributed by atoms with Gasteiger partial charge >= 0.3 is 0 Å². The molecule has 3 radical (unpaired) electrons. The third-order valence-electron chi connectivity index (χ3n) is 0.250. The summed E-state index contributed by atoms with van der Waals surface area (Å²) in [6, 6.07) is 1.12. The second kappa shape index (κ2) is 8.90. The van der Waals surface area contributed by atoms with Gasteiger partial charge in [-0.05, 0) is 0 Å². The van der Waals surface area contributed by atoms with Crippen LogP contribution in [-0.2, 0) is 0 Å². The average molecular weight is 89.2 g/mol. The molecule has 0 aliphatic rings. The summed E-state index contributed by atoms with van der Waals surface area (Å²) in [6.45, 7) is 2.13. The van der Waals surface area contributed by atoms with E-state index >= 15 is 0 Å². The summed E-state index contributed by atoms with van der Waals surface area (Å²) in [6.07, 6.45) is 1.23. The molecule has 0 aliphatic carbocycles. The van der Waals surface area contributed by atoms with E-state index < -0.39 is 0 Å². The molecule has 0 atom stereocenters. The van der Waals surface area contributed by atoms with E-state index in [1.807, 2.05) is 0 Å². The molecule has 1 nitrogen and oxygen atoms in total. The minimum Gasteiger partial charge on any atom is -0.369 e. The molecule has 0 amide bonds. The Bertz CT molecular complexity index is 8.85. The Morgan fingerprint density at radius 3 is 1.80 bits per heavy atom. The van der Waals surface area contributed by atoms with Gasteiger partial charge in [-0.1, -0.05) is 19.4 Å². The number of hydrogen-bond acceptors (Lipinski definition) is 0. The second-order valence-corrected chi connectivity index (χ2v) is 1.25. The lowest BCUT2D eigenvalue weighted by Gasteiger charge is -1.67. The van der Waals surface area contributed by atoms with Gasteiger partial charge in [-0.25, -0.2) is 0 Å². The van der Waals surface area contributed by atoms with Crippen molar-refractivity contribution in [2.75, 3.05) is 0 Å². The van der Waals surface area contributed by atoms with Crippen molar-refractivity contribution in [3.8, 4) is 0 Å². The highest BCUT2D eigenvalue weighted by Gasteiger charge is 1.57. The summed E-state index contributed by atoms with van der Waals surface area (Å²) in [7, 11) is 3.29. The maximum atomic E-state index is 3.29. The lowest BCUT2D eigenvalue weighted by Crippen LogP contribution is -1.55. The van der Waals surface area contributed by atoms with Crippen LogP contribution >= 0.6 is 0 Å². The maximum absolute atomic E-state index is 3.29. The highest BCUT2D eigenvalue weighted by molar-refractivity contribution is 6.08. The van der Waals surface area contributed by atoms with Crippen LogP contribution in [0.25, 0.3) is 0 Å². The first-order valence-electron chi connectivity index (χ1n) is 1.56. The lowest BCUT2D eigenvalue weighted by molar-refractivity contribution is 1.08. The molecule has 0 fully saturated rings. The Balaban J connectivity index is 0. The predicted molar refractivity (Wildman–Crippen MR) is 26.8 cm³/mol. The zero-order valence-electron chi connectivity index (χ0n) is 3.91. The largest absolute Gasteiger partial charge is 0.369 e. The highest BCUT2D eigenvalue weighted by atomic mass is 28.1. The average Bonchev–Trinajstić information content (AvgIpc) is 1.37. The quantitative estimate of drug-likeness (QED) is 0.471. The Morgan fingerprint density at radius 1 is 1.60 bits per heavy atom. The van der Waals surface area contributed by atoms with Gasteiger partial charge < -0.3 is 6.15 Å². The van der Waals surface area contributed by atoms with Gasteiger partial charge in [0.05, 0.1) is 0 Å². The van der Waals surface area contributed by atoms with E-state index in [9.17, 15) is 0 Å². The molecule has 31 valence electrons. The topological polar surface area (TPSA) is 36.5 Å². The van der Waals surface area contributed by atoms with E-state index in [1.54, 1.807) is 0 Å². The molecule has 5 heavy (non-hydrogen) atoms. The van der Waals surface area contributed by atoms with E-state index in [1.165, 1.54) is 6.42 Å². The molecule has 0 aromatic rings.